The smallest absolute Gasteiger partial charge is 0.161 e. The molecule has 0 spiro atoms. The fourth-order valence-electron chi connectivity index (χ4n) is 1.98. The Labute approximate surface area is 113 Å². The maximum atomic E-state index is 6.06. The Kier molecular flexibility index (Phi) is 4.72. The number of para-hydroxylation sites is 2. The average molecular weight is 271 g/mol. The molecule has 0 heterocycles. The van der Waals surface area contributed by atoms with Crippen molar-refractivity contribution in [1.82, 2.24) is 0 Å². The highest BCUT2D eigenvalue weighted by molar-refractivity contribution is 6.21. The molecule has 1 saturated carbocycles. The predicted octanol–water partition coefficient (Wildman–Crippen LogP) is 3.25. The predicted molar refractivity (Wildman–Crippen MR) is 71.7 cm³/mol. The van der Waals surface area contributed by atoms with Crippen LogP contribution in [0.25, 0.3) is 0 Å². The molecule has 1 aromatic rings. The van der Waals surface area contributed by atoms with Crippen LogP contribution in [0, 0.1) is 0 Å². The molecular weight excluding hydrogens is 252 g/mol. The molecule has 100 valence electrons. The Hall–Kier alpha value is -0.930. The lowest BCUT2D eigenvalue weighted by atomic mass is 9.91. The third-order valence-corrected chi connectivity index (χ3v) is 3.47. The number of halogens is 1. The second-order valence-corrected chi connectivity index (χ2v) is 4.96. The molecular formula is C14H19ClO3. The van der Waals surface area contributed by atoms with E-state index in [1.54, 1.807) is 7.11 Å². The summed E-state index contributed by atoms with van der Waals surface area (Å²) in [5.74, 6) is 1.55. The van der Waals surface area contributed by atoms with E-state index in [2.05, 4.69) is 6.92 Å². The van der Waals surface area contributed by atoms with Gasteiger partial charge in [-0.3, -0.25) is 0 Å². The highest BCUT2D eigenvalue weighted by atomic mass is 35.5. The monoisotopic (exact) mass is 270 g/mol. The largest absolute Gasteiger partial charge is 0.490 e. The second kappa shape index (κ2) is 6.30. The van der Waals surface area contributed by atoms with Crippen LogP contribution < -0.4 is 9.47 Å². The first-order chi connectivity index (χ1) is 8.76. The lowest BCUT2D eigenvalue weighted by Gasteiger charge is -2.39. The summed E-state index contributed by atoms with van der Waals surface area (Å²) in [6.07, 6.45) is 1.76. The Balaban J connectivity index is 2.00. The molecule has 4 heteroatoms. The van der Waals surface area contributed by atoms with E-state index in [-0.39, 0.29) is 17.6 Å². The van der Waals surface area contributed by atoms with E-state index < -0.39 is 0 Å². The molecule has 3 nitrogen and oxygen atoms in total. The molecule has 0 bridgehead atoms. The van der Waals surface area contributed by atoms with Crippen molar-refractivity contribution in [1.29, 1.82) is 0 Å². The maximum absolute atomic E-state index is 6.06. The Morgan fingerprint density at radius 2 is 2.00 bits per heavy atom. The maximum Gasteiger partial charge on any atom is 0.161 e. The van der Waals surface area contributed by atoms with Gasteiger partial charge in [-0.15, -0.1) is 11.6 Å². The van der Waals surface area contributed by atoms with Gasteiger partial charge in [0.25, 0.3) is 0 Å². The minimum atomic E-state index is -0.0362. The van der Waals surface area contributed by atoms with E-state index >= 15 is 0 Å². The van der Waals surface area contributed by atoms with E-state index in [9.17, 15) is 0 Å². The number of hydrogen-bond acceptors (Lipinski definition) is 3. The molecule has 18 heavy (non-hydrogen) atoms. The van der Waals surface area contributed by atoms with Crippen molar-refractivity contribution in [2.75, 3.05) is 13.7 Å². The zero-order valence-electron chi connectivity index (χ0n) is 10.8. The highest BCUT2D eigenvalue weighted by Crippen LogP contribution is 2.35. The minimum absolute atomic E-state index is 0.0175. The number of hydrogen-bond donors (Lipinski definition) is 0. The van der Waals surface area contributed by atoms with Crippen molar-refractivity contribution < 1.29 is 14.2 Å². The van der Waals surface area contributed by atoms with E-state index in [4.69, 9.17) is 25.8 Å². The zero-order chi connectivity index (χ0) is 13.0. The first-order valence-electron chi connectivity index (χ1n) is 6.31. The standard InChI is InChI=1S/C14H19ClO3/c1-3-8-17-11-6-4-5-7-12(11)18-13-9-10(15)14(13)16-2/h4-7,10,13-14H,3,8-9H2,1-2H3. The summed E-state index contributed by atoms with van der Waals surface area (Å²) in [5.41, 5.74) is 0. The molecule has 1 aliphatic rings. The van der Waals surface area contributed by atoms with Crippen LogP contribution in [-0.2, 0) is 4.74 Å². The molecule has 2 rings (SSSR count). The first kappa shape index (κ1) is 13.5. The van der Waals surface area contributed by atoms with Crippen molar-refractivity contribution in [2.24, 2.45) is 0 Å². The molecule has 3 unspecified atom stereocenters. The van der Waals surface area contributed by atoms with E-state index in [0.717, 1.165) is 24.3 Å². The van der Waals surface area contributed by atoms with Crippen LogP contribution in [0.5, 0.6) is 11.5 Å². The molecule has 0 aliphatic heterocycles. The second-order valence-electron chi connectivity index (χ2n) is 4.40. The Bertz CT molecular complexity index is 383. The van der Waals surface area contributed by atoms with Crippen LogP contribution in [0.4, 0.5) is 0 Å². The number of alkyl halides is 1. The topological polar surface area (TPSA) is 27.7 Å². The van der Waals surface area contributed by atoms with E-state index in [1.807, 2.05) is 24.3 Å². The van der Waals surface area contributed by atoms with Gasteiger partial charge in [-0.2, -0.15) is 0 Å². The molecule has 0 aromatic heterocycles. The van der Waals surface area contributed by atoms with Crippen LogP contribution in [0.15, 0.2) is 24.3 Å². The van der Waals surface area contributed by atoms with Crippen LogP contribution in [0.2, 0.25) is 0 Å². The van der Waals surface area contributed by atoms with Gasteiger partial charge >= 0.3 is 0 Å². The zero-order valence-corrected chi connectivity index (χ0v) is 11.5. The summed E-state index contributed by atoms with van der Waals surface area (Å²) >= 11 is 6.06. The van der Waals surface area contributed by atoms with Gasteiger partial charge in [-0.05, 0) is 18.6 Å². The van der Waals surface area contributed by atoms with Gasteiger partial charge in [0.05, 0.1) is 12.0 Å². The normalized spacial score (nSPS) is 26.5. The first-order valence-corrected chi connectivity index (χ1v) is 6.75. The van der Waals surface area contributed by atoms with Gasteiger partial charge < -0.3 is 14.2 Å². The fourth-order valence-corrected chi connectivity index (χ4v) is 2.42. The molecule has 1 fully saturated rings. The molecule has 1 aromatic carbocycles. The summed E-state index contributed by atoms with van der Waals surface area (Å²) < 4.78 is 16.9. The lowest BCUT2D eigenvalue weighted by Crippen LogP contribution is -2.52. The van der Waals surface area contributed by atoms with Gasteiger partial charge in [0, 0.05) is 13.5 Å². The number of ether oxygens (including phenoxy) is 3. The highest BCUT2D eigenvalue weighted by Gasteiger charge is 2.42. The van der Waals surface area contributed by atoms with Gasteiger partial charge in [-0.1, -0.05) is 19.1 Å². The molecule has 0 amide bonds. The van der Waals surface area contributed by atoms with Crippen molar-refractivity contribution in [3.63, 3.8) is 0 Å². The third-order valence-electron chi connectivity index (χ3n) is 3.04. The van der Waals surface area contributed by atoms with Gasteiger partial charge in [0.2, 0.25) is 0 Å². The van der Waals surface area contributed by atoms with Crippen molar-refractivity contribution in [3.05, 3.63) is 24.3 Å². The Morgan fingerprint density at radius 3 is 2.61 bits per heavy atom. The summed E-state index contributed by atoms with van der Waals surface area (Å²) in [6.45, 7) is 2.77. The SMILES string of the molecule is CCCOc1ccccc1OC1CC(Cl)C1OC. The van der Waals surface area contributed by atoms with Crippen LogP contribution in [0.1, 0.15) is 19.8 Å². The van der Waals surface area contributed by atoms with Gasteiger partial charge in [0.1, 0.15) is 12.2 Å². The van der Waals surface area contributed by atoms with E-state index in [0.29, 0.717) is 6.61 Å². The lowest BCUT2D eigenvalue weighted by molar-refractivity contribution is -0.0592. The van der Waals surface area contributed by atoms with Crippen molar-refractivity contribution >= 4 is 11.6 Å². The van der Waals surface area contributed by atoms with Crippen molar-refractivity contribution in [3.8, 4) is 11.5 Å². The summed E-state index contributed by atoms with van der Waals surface area (Å²) in [4.78, 5) is 0. The Morgan fingerprint density at radius 1 is 1.28 bits per heavy atom. The molecule has 0 saturated heterocycles. The molecule has 1 aliphatic carbocycles. The molecule has 0 N–H and O–H groups in total. The molecule has 0 radical (unpaired) electrons. The van der Waals surface area contributed by atoms with Gasteiger partial charge in [-0.25, -0.2) is 0 Å². The minimum Gasteiger partial charge on any atom is -0.490 e. The van der Waals surface area contributed by atoms with Gasteiger partial charge in [0.15, 0.2) is 11.5 Å². The van der Waals surface area contributed by atoms with Crippen LogP contribution in [-0.4, -0.2) is 31.3 Å². The fraction of sp³-hybridized carbons (Fsp3) is 0.571. The summed E-state index contributed by atoms with van der Waals surface area (Å²) in [6, 6.07) is 7.71. The molecule has 3 atom stereocenters. The van der Waals surface area contributed by atoms with E-state index in [1.165, 1.54) is 0 Å². The number of rotatable bonds is 6. The third kappa shape index (κ3) is 2.90. The quantitative estimate of drug-likeness (QED) is 0.743. The van der Waals surface area contributed by atoms with Crippen LogP contribution >= 0.6 is 11.6 Å². The number of methoxy groups -OCH3 is 1. The number of benzene rings is 1. The summed E-state index contributed by atoms with van der Waals surface area (Å²) in [5, 5.41) is 0.0451. The van der Waals surface area contributed by atoms with Crippen molar-refractivity contribution in [2.45, 2.75) is 37.4 Å². The van der Waals surface area contributed by atoms with Crippen LogP contribution in [0.3, 0.4) is 0 Å². The average Bonchev–Trinajstić information content (AvgIpc) is 2.37. The summed E-state index contributed by atoms with van der Waals surface area (Å²) in [7, 11) is 1.66.